The summed E-state index contributed by atoms with van der Waals surface area (Å²) in [6, 6.07) is 10.9. The molecule has 0 bridgehead atoms. The molecule has 3 aliphatic heterocycles. The first kappa shape index (κ1) is 19.4. The third-order valence-electron chi connectivity index (χ3n) is 6.99. The van der Waals surface area contributed by atoms with Gasteiger partial charge in [0.2, 0.25) is 10.0 Å². The zero-order valence-corrected chi connectivity index (χ0v) is 17.2. The van der Waals surface area contributed by atoms with Gasteiger partial charge in [0.05, 0.1) is 6.26 Å². The Hall–Kier alpha value is -0.950. The molecule has 0 aromatic heterocycles. The van der Waals surface area contributed by atoms with Crippen LogP contribution in [-0.2, 0) is 10.0 Å². The molecular formula is C21H33N3O2S. The van der Waals surface area contributed by atoms with Crippen LogP contribution in [0.3, 0.4) is 0 Å². The molecule has 4 rings (SSSR count). The van der Waals surface area contributed by atoms with Crippen molar-refractivity contribution in [2.45, 2.75) is 25.2 Å². The highest BCUT2D eigenvalue weighted by atomic mass is 32.2. The van der Waals surface area contributed by atoms with E-state index in [1.54, 1.807) is 4.31 Å². The van der Waals surface area contributed by atoms with Gasteiger partial charge in [-0.05, 0) is 68.1 Å². The van der Waals surface area contributed by atoms with Gasteiger partial charge in [-0.1, -0.05) is 30.3 Å². The van der Waals surface area contributed by atoms with E-state index >= 15 is 0 Å². The Morgan fingerprint density at radius 3 is 2.30 bits per heavy atom. The molecule has 0 saturated carbocycles. The smallest absolute Gasteiger partial charge is 0.211 e. The normalized spacial score (nSPS) is 29.1. The monoisotopic (exact) mass is 391 g/mol. The number of benzene rings is 1. The molecule has 6 heteroatoms. The second-order valence-corrected chi connectivity index (χ2v) is 10.7. The number of rotatable bonds is 6. The molecule has 0 spiro atoms. The molecule has 3 atom stereocenters. The molecule has 150 valence electrons. The number of likely N-dealkylation sites (tertiary alicyclic amines) is 1. The van der Waals surface area contributed by atoms with Gasteiger partial charge in [-0.2, -0.15) is 0 Å². The molecule has 0 aliphatic carbocycles. The van der Waals surface area contributed by atoms with Crippen LogP contribution in [0.4, 0.5) is 0 Å². The predicted octanol–water partition coefficient (Wildman–Crippen LogP) is 1.98. The largest absolute Gasteiger partial charge is 0.316 e. The second-order valence-electron chi connectivity index (χ2n) is 8.74. The van der Waals surface area contributed by atoms with E-state index < -0.39 is 10.0 Å². The molecule has 3 aliphatic rings. The first-order chi connectivity index (χ1) is 13.0. The summed E-state index contributed by atoms with van der Waals surface area (Å²) in [5.41, 5.74) is 1.43. The summed E-state index contributed by atoms with van der Waals surface area (Å²) in [5, 5.41) is 3.52. The van der Waals surface area contributed by atoms with E-state index in [9.17, 15) is 8.42 Å². The highest BCUT2D eigenvalue weighted by Gasteiger charge is 2.37. The Labute approximate surface area is 164 Å². The van der Waals surface area contributed by atoms with Crippen molar-refractivity contribution in [2.75, 3.05) is 52.1 Å². The zero-order chi connectivity index (χ0) is 18.9. The van der Waals surface area contributed by atoms with Crippen molar-refractivity contribution < 1.29 is 8.42 Å². The van der Waals surface area contributed by atoms with Crippen LogP contribution >= 0.6 is 0 Å². The summed E-state index contributed by atoms with van der Waals surface area (Å²) in [5.74, 6) is 2.80. The number of hydrogen-bond acceptors (Lipinski definition) is 4. The van der Waals surface area contributed by atoms with Gasteiger partial charge in [-0.15, -0.1) is 0 Å². The summed E-state index contributed by atoms with van der Waals surface area (Å²) in [6.45, 7) is 7.37. The molecule has 3 saturated heterocycles. The van der Waals surface area contributed by atoms with Gasteiger partial charge < -0.3 is 10.2 Å². The van der Waals surface area contributed by atoms with Crippen LogP contribution in [0.1, 0.15) is 30.7 Å². The van der Waals surface area contributed by atoms with Gasteiger partial charge in [0.1, 0.15) is 0 Å². The molecule has 5 nitrogen and oxygen atoms in total. The molecule has 1 N–H and O–H groups in total. The number of hydrogen-bond donors (Lipinski definition) is 1. The van der Waals surface area contributed by atoms with Crippen LogP contribution in [0.5, 0.6) is 0 Å². The summed E-state index contributed by atoms with van der Waals surface area (Å²) in [4.78, 5) is 2.66. The van der Waals surface area contributed by atoms with Crippen molar-refractivity contribution in [3.05, 3.63) is 35.9 Å². The summed E-state index contributed by atoms with van der Waals surface area (Å²) in [7, 11) is -3.05. The van der Waals surface area contributed by atoms with E-state index in [4.69, 9.17) is 0 Å². The first-order valence-electron chi connectivity index (χ1n) is 10.4. The fourth-order valence-corrected chi connectivity index (χ4v) is 6.32. The minimum Gasteiger partial charge on any atom is -0.316 e. The molecule has 3 fully saturated rings. The second kappa shape index (κ2) is 8.19. The Kier molecular flexibility index (Phi) is 5.88. The van der Waals surface area contributed by atoms with Crippen molar-refractivity contribution in [1.29, 1.82) is 0 Å². The molecule has 3 heterocycles. The van der Waals surface area contributed by atoms with Crippen LogP contribution in [0, 0.1) is 17.8 Å². The van der Waals surface area contributed by atoms with Gasteiger partial charge >= 0.3 is 0 Å². The lowest BCUT2D eigenvalue weighted by molar-refractivity contribution is 0.219. The molecular weight excluding hydrogens is 358 g/mol. The van der Waals surface area contributed by atoms with Crippen molar-refractivity contribution in [2.24, 2.45) is 17.8 Å². The van der Waals surface area contributed by atoms with Crippen LogP contribution in [0.15, 0.2) is 30.3 Å². The van der Waals surface area contributed by atoms with Crippen molar-refractivity contribution >= 4 is 10.0 Å². The van der Waals surface area contributed by atoms with Gasteiger partial charge in [-0.3, -0.25) is 0 Å². The summed E-state index contributed by atoms with van der Waals surface area (Å²) >= 11 is 0. The standard InChI is InChI=1S/C21H33N3O2S/c1-27(25,26)24-11-7-18(8-12-24)21(17-5-3-2-4-6-17)9-10-23-15-19-13-22-14-20(19)16-23/h2-6,18-22H,7-16H2,1H3. The van der Waals surface area contributed by atoms with E-state index in [0.29, 0.717) is 24.9 Å². The summed E-state index contributed by atoms with van der Waals surface area (Å²) in [6.07, 6.45) is 4.46. The van der Waals surface area contributed by atoms with Crippen LogP contribution < -0.4 is 5.32 Å². The van der Waals surface area contributed by atoms with Crippen LogP contribution in [0.2, 0.25) is 0 Å². The Balaban J connectivity index is 1.39. The minimum atomic E-state index is -3.05. The number of fused-ring (bicyclic) bond motifs is 1. The topological polar surface area (TPSA) is 52.7 Å². The lowest BCUT2D eigenvalue weighted by Gasteiger charge is -2.36. The van der Waals surface area contributed by atoms with Gasteiger partial charge in [0, 0.05) is 26.2 Å². The maximum Gasteiger partial charge on any atom is 0.211 e. The Bertz CT molecular complexity index is 704. The lowest BCUT2D eigenvalue weighted by Crippen LogP contribution is -2.39. The Morgan fingerprint density at radius 2 is 1.70 bits per heavy atom. The third-order valence-corrected chi connectivity index (χ3v) is 8.29. The fourth-order valence-electron chi connectivity index (χ4n) is 5.44. The van der Waals surface area contributed by atoms with E-state index in [2.05, 4.69) is 40.5 Å². The van der Waals surface area contributed by atoms with Gasteiger partial charge in [-0.25, -0.2) is 12.7 Å². The Morgan fingerprint density at radius 1 is 1.07 bits per heavy atom. The fraction of sp³-hybridized carbons (Fsp3) is 0.714. The van der Waals surface area contributed by atoms with Crippen molar-refractivity contribution in [1.82, 2.24) is 14.5 Å². The zero-order valence-electron chi connectivity index (χ0n) is 16.4. The maximum atomic E-state index is 11.8. The lowest BCUT2D eigenvalue weighted by atomic mass is 9.78. The number of piperidine rings is 1. The molecule has 3 unspecified atom stereocenters. The van der Waals surface area contributed by atoms with Gasteiger partial charge in [0.15, 0.2) is 0 Å². The number of nitrogens with one attached hydrogen (secondary N) is 1. The molecule has 1 aromatic carbocycles. The van der Waals surface area contributed by atoms with E-state index in [-0.39, 0.29) is 0 Å². The van der Waals surface area contributed by atoms with Crippen LogP contribution in [0.25, 0.3) is 0 Å². The predicted molar refractivity (Wildman–Crippen MR) is 109 cm³/mol. The highest BCUT2D eigenvalue weighted by molar-refractivity contribution is 7.88. The average molecular weight is 392 g/mol. The highest BCUT2D eigenvalue weighted by Crippen LogP contribution is 2.36. The average Bonchev–Trinajstić information content (AvgIpc) is 3.24. The molecule has 0 amide bonds. The van der Waals surface area contributed by atoms with Crippen LogP contribution in [-0.4, -0.2) is 69.7 Å². The van der Waals surface area contributed by atoms with Crippen molar-refractivity contribution in [3.63, 3.8) is 0 Å². The van der Waals surface area contributed by atoms with Crippen molar-refractivity contribution in [3.8, 4) is 0 Å². The molecule has 0 radical (unpaired) electrons. The van der Waals surface area contributed by atoms with E-state index in [0.717, 1.165) is 24.7 Å². The first-order valence-corrected chi connectivity index (χ1v) is 12.3. The SMILES string of the molecule is CS(=O)(=O)N1CCC(C(CCN2CC3CNCC3C2)c2ccccc2)CC1. The maximum absolute atomic E-state index is 11.8. The minimum absolute atomic E-state index is 0.534. The van der Waals surface area contributed by atoms with Gasteiger partial charge in [0.25, 0.3) is 0 Å². The van der Waals surface area contributed by atoms with E-state index in [1.165, 1.54) is 51.0 Å². The number of sulfonamides is 1. The number of nitrogens with zero attached hydrogens (tertiary/aromatic N) is 2. The van der Waals surface area contributed by atoms with E-state index in [1.807, 2.05) is 0 Å². The molecule has 27 heavy (non-hydrogen) atoms. The quantitative estimate of drug-likeness (QED) is 0.806. The summed E-state index contributed by atoms with van der Waals surface area (Å²) < 4.78 is 25.3. The molecule has 1 aromatic rings. The third kappa shape index (κ3) is 4.56.